The molecule has 4 rings (SSSR count). The average molecular weight is 971 g/mol. The third kappa shape index (κ3) is 27.3. The van der Waals surface area contributed by atoms with E-state index in [1.54, 1.807) is 43.3 Å². The van der Waals surface area contributed by atoms with E-state index in [1.807, 2.05) is 62.4 Å². The molecule has 0 aliphatic heterocycles. The fourth-order valence-corrected chi connectivity index (χ4v) is 5.36. The highest BCUT2D eigenvalue weighted by Crippen LogP contribution is 2.27. The van der Waals surface area contributed by atoms with E-state index in [4.69, 9.17) is 0 Å². The lowest BCUT2D eigenvalue weighted by Crippen LogP contribution is -2.40. The highest BCUT2D eigenvalue weighted by Gasteiger charge is 2.27. The zero-order chi connectivity index (χ0) is 51.5. The number of aromatic nitrogens is 4. The second-order valence-corrected chi connectivity index (χ2v) is 13.8. The number of nitrogens with zero attached hydrogens (tertiary/aromatic N) is 4. The summed E-state index contributed by atoms with van der Waals surface area (Å²) in [7, 11) is 4.50. The van der Waals surface area contributed by atoms with Crippen LogP contribution in [0.3, 0.4) is 0 Å². The number of imidazole rings is 2. The van der Waals surface area contributed by atoms with Crippen LogP contribution in [-0.2, 0) is 46.4 Å². The van der Waals surface area contributed by atoms with Crippen molar-refractivity contribution in [3.63, 3.8) is 0 Å². The number of terminal acetylenes is 1. The molecule has 4 aromatic rings. The van der Waals surface area contributed by atoms with E-state index in [1.165, 1.54) is 21.0 Å². The fraction of sp³-hybridized carbons (Fsp3) is 0.478. The summed E-state index contributed by atoms with van der Waals surface area (Å²) in [4.78, 5) is 65.8. The smallest absolute Gasteiger partial charge is 0.411 e. The molecule has 4 amide bonds. The Morgan fingerprint density at radius 3 is 1.34 bits per heavy atom. The van der Waals surface area contributed by atoms with Crippen molar-refractivity contribution in [2.75, 3.05) is 73.9 Å². The van der Waals surface area contributed by atoms with Gasteiger partial charge in [0.2, 0.25) is 18.2 Å². The zero-order valence-corrected chi connectivity index (χ0v) is 39.7. The van der Waals surface area contributed by atoms with Gasteiger partial charge in [-0.05, 0) is 55.9 Å². The standard InChI is InChI=1S/C33H40N8O5.2C4H7F3O.C3H4.C2H6O/c1-4-14-40(31(43)18-34-22-42)20-29-35-16-27(38-29)25-10-6-23(7-11-25)24-8-12-26(13-9-24)28-17-36-30(39-28)21-41(15-5-2)32(44)19-37-33(45)46-3;2*1-2-8-3-4(5,6)7;2*1-3-2/h6-13,16-17,22H,4-5,14-15,18-21H2,1-3H3,(H,34,42)(H,35,38)(H,36,39)(H,37,45);2*2-3H2,1H3;1H,2H3;1-2H3. The van der Waals surface area contributed by atoms with Crippen molar-refractivity contribution in [1.82, 2.24) is 40.4 Å². The Balaban J connectivity index is 0.00000169. The van der Waals surface area contributed by atoms with Gasteiger partial charge in [0.1, 0.15) is 31.4 Å². The van der Waals surface area contributed by atoms with E-state index in [0.717, 1.165) is 46.5 Å². The molecular weight excluding hydrogens is 907 g/mol. The Bertz CT molecular complexity index is 2020. The predicted octanol–water partition coefficient (Wildman–Crippen LogP) is 7.79. The molecule has 0 spiro atoms. The van der Waals surface area contributed by atoms with E-state index in [9.17, 15) is 45.5 Å². The monoisotopic (exact) mass is 970 g/mol. The summed E-state index contributed by atoms with van der Waals surface area (Å²) >= 11 is 0. The largest absolute Gasteiger partial charge is 0.453 e. The Morgan fingerprint density at radius 1 is 0.691 bits per heavy atom. The third-order valence-electron chi connectivity index (χ3n) is 8.20. The number of amides is 4. The molecule has 22 heteroatoms. The summed E-state index contributed by atoms with van der Waals surface area (Å²) in [6.07, 6.45) is 1.20. The zero-order valence-electron chi connectivity index (χ0n) is 39.7. The van der Waals surface area contributed by atoms with E-state index in [0.29, 0.717) is 44.2 Å². The first-order valence-electron chi connectivity index (χ1n) is 21.2. The molecule has 0 unspecified atom stereocenters. The molecule has 0 aliphatic rings. The molecule has 2 aromatic carbocycles. The Labute approximate surface area is 393 Å². The number of carbonyl (C=O) groups excluding carboxylic acids is 4. The number of nitrogens with one attached hydrogen (secondary N) is 4. The van der Waals surface area contributed by atoms with Gasteiger partial charge in [0.05, 0.1) is 50.5 Å². The molecule has 16 nitrogen and oxygen atoms in total. The van der Waals surface area contributed by atoms with Crippen LogP contribution in [0.5, 0.6) is 0 Å². The highest BCUT2D eigenvalue weighted by molar-refractivity contribution is 5.82. The first kappa shape index (κ1) is 61.6. The van der Waals surface area contributed by atoms with Crippen LogP contribution in [0.4, 0.5) is 31.1 Å². The molecule has 0 bridgehead atoms. The minimum atomic E-state index is -4.17. The second-order valence-electron chi connectivity index (χ2n) is 13.8. The Hall–Kier alpha value is -6.44. The number of carbonyl (C=O) groups is 4. The molecule has 0 fully saturated rings. The summed E-state index contributed by atoms with van der Waals surface area (Å²) < 4.78 is 83.6. The van der Waals surface area contributed by atoms with Crippen LogP contribution in [0.2, 0.25) is 0 Å². The minimum Gasteiger partial charge on any atom is -0.453 e. The van der Waals surface area contributed by atoms with Crippen molar-refractivity contribution in [3.8, 4) is 46.0 Å². The summed E-state index contributed by atoms with van der Waals surface area (Å²) in [6, 6.07) is 16.3. The van der Waals surface area contributed by atoms with Gasteiger partial charge >= 0.3 is 18.4 Å². The number of methoxy groups -OCH3 is 2. The Morgan fingerprint density at radius 2 is 1.04 bits per heavy atom. The molecule has 0 atom stereocenters. The first-order chi connectivity index (χ1) is 32.3. The van der Waals surface area contributed by atoms with Crippen LogP contribution in [0.25, 0.3) is 33.6 Å². The number of alkyl carbamates (subject to hydrolysis) is 1. The number of H-pyrrole nitrogens is 2. The maximum atomic E-state index is 12.6. The van der Waals surface area contributed by atoms with Crippen LogP contribution >= 0.6 is 0 Å². The second kappa shape index (κ2) is 34.8. The van der Waals surface area contributed by atoms with Crippen molar-refractivity contribution in [3.05, 3.63) is 72.6 Å². The number of aromatic amines is 2. The van der Waals surface area contributed by atoms with Crippen LogP contribution in [0.1, 0.15) is 59.1 Å². The minimum absolute atomic E-state index is 0.0403. The van der Waals surface area contributed by atoms with Gasteiger partial charge in [0.15, 0.2) is 0 Å². The van der Waals surface area contributed by atoms with Crippen molar-refractivity contribution < 1.29 is 64.5 Å². The third-order valence-corrected chi connectivity index (χ3v) is 8.20. The molecule has 4 N–H and O–H groups in total. The van der Waals surface area contributed by atoms with Gasteiger partial charge in [-0.1, -0.05) is 62.4 Å². The maximum absolute atomic E-state index is 12.6. The van der Waals surface area contributed by atoms with Gasteiger partial charge in [-0.15, -0.1) is 12.3 Å². The number of alkyl halides is 6. The number of benzene rings is 2. The van der Waals surface area contributed by atoms with Gasteiger partial charge < -0.3 is 49.3 Å². The van der Waals surface area contributed by atoms with E-state index in [2.05, 4.69) is 61.9 Å². The average Bonchev–Trinajstić information content (AvgIpc) is 3.99. The Kier molecular flexibility index (Phi) is 31.5. The SMILES string of the molecule is C#CC.CCCN(Cc1ncc(-c2ccc(-c3ccc(-c4cnc(CN(CCC)C(=O)CNC(=O)OC)[nH]4)cc3)cc2)[nH]1)C(=O)CNC=O.CCOCC(F)(F)F.CCOCC(F)(F)F.COC. The van der Waals surface area contributed by atoms with Gasteiger partial charge in [0, 0.05) is 40.5 Å². The molecule has 0 saturated carbocycles. The van der Waals surface area contributed by atoms with Crippen molar-refractivity contribution in [1.29, 1.82) is 0 Å². The van der Waals surface area contributed by atoms with Crippen molar-refractivity contribution in [2.45, 2.75) is 72.9 Å². The van der Waals surface area contributed by atoms with Gasteiger partial charge in [0.25, 0.3) is 0 Å². The van der Waals surface area contributed by atoms with Gasteiger partial charge in [-0.2, -0.15) is 26.3 Å². The maximum Gasteiger partial charge on any atom is 0.411 e. The topological polar surface area (TPSA) is 193 Å². The first-order valence-corrected chi connectivity index (χ1v) is 21.2. The molecule has 0 saturated heterocycles. The number of ether oxygens (including phenoxy) is 4. The lowest BCUT2D eigenvalue weighted by atomic mass is 10.0. The molecule has 2 heterocycles. The lowest BCUT2D eigenvalue weighted by molar-refractivity contribution is -0.173. The van der Waals surface area contributed by atoms with E-state index >= 15 is 0 Å². The summed E-state index contributed by atoms with van der Waals surface area (Å²) in [6.45, 7) is 8.17. The molecule has 378 valence electrons. The number of hydrogen-bond acceptors (Lipinski definition) is 10. The number of hydrogen-bond donors (Lipinski definition) is 4. The summed E-state index contributed by atoms with van der Waals surface area (Å²) in [5.74, 6) is 3.19. The van der Waals surface area contributed by atoms with Crippen LogP contribution in [-0.4, -0.2) is 140 Å². The molecule has 68 heavy (non-hydrogen) atoms. The van der Waals surface area contributed by atoms with Crippen LogP contribution in [0.15, 0.2) is 60.9 Å². The van der Waals surface area contributed by atoms with Gasteiger partial charge in [-0.3, -0.25) is 14.4 Å². The van der Waals surface area contributed by atoms with Crippen molar-refractivity contribution >= 4 is 24.3 Å². The van der Waals surface area contributed by atoms with Gasteiger partial charge in [-0.25, -0.2) is 14.8 Å². The van der Waals surface area contributed by atoms with Crippen LogP contribution < -0.4 is 10.6 Å². The normalized spacial score (nSPS) is 10.4. The predicted molar refractivity (Wildman–Crippen MR) is 245 cm³/mol. The quantitative estimate of drug-likeness (QED) is 0.0386. The summed E-state index contributed by atoms with van der Waals surface area (Å²) in [5.41, 5.74) is 5.72. The molecular formula is C46H64F6N8O8. The molecule has 0 radical (unpaired) electrons. The van der Waals surface area contributed by atoms with Crippen LogP contribution in [0, 0.1) is 12.3 Å². The number of halogens is 6. The molecule has 2 aromatic heterocycles. The van der Waals surface area contributed by atoms with Crippen molar-refractivity contribution in [2.24, 2.45) is 0 Å². The summed E-state index contributed by atoms with van der Waals surface area (Å²) in [5, 5.41) is 4.85. The van der Waals surface area contributed by atoms with E-state index in [-0.39, 0.29) is 38.1 Å². The molecule has 0 aliphatic carbocycles. The number of rotatable bonds is 20. The highest BCUT2D eigenvalue weighted by atomic mass is 19.4. The van der Waals surface area contributed by atoms with E-state index < -0.39 is 31.7 Å². The fourth-order valence-electron chi connectivity index (χ4n) is 5.36. The lowest BCUT2D eigenvalue weighted by Gasteiger charge is -2.21.